The lowest BCUT2D eigenvalue weighted by molar-refractivity contribution is 0.00446. The molecule has 1 amide bonds. The third-order valence-electron chi connectivity index (χ3n) is 3.72. The summed E-state index contributed by atoms with van der Waals surface area (Å²) in [6, 6.07) is 5.19. The van der Waals surface area contributed by atoms with Crippen molar-refractivity contribution < 1.29 is 14.6 Å². The van der Waals surface area contributed by atoms with E-state index in [1.807, 2.05) is 6.07 Å². The Balaban J connectivity index is 1.76. The number of aromatic nitrogens is 3. The van der Waals surface area contributed by atoms with E-state index in [-0.39, 0.29) is 6.04 Å². The number of hydrogen-bond donors (Lipinski definition) is 3. The monoisotopic (exact) mass is 318 g/mol. The first kappa shape index (κ1) is 15.1. The minimum absolute atomic E-state index is 0.243. The third-order valence-corrected chi connectivity index (χ3v) is 3.72. The highest BCUT2D eigenvalue weighted by Gasteiger charge is 2.26. The zero-order valence-corrected chi connectivity index (χ0v) is 12.4. The minimum Gasteiger partial charge on any atom is -0.465 e. The maximum atomic E-state index is 11.3. The third kappa shape index (κ3) is 3.34. The van der Waals surface area contributed by atoms with Gasteiger partial charge in [0, 0.05) is 18.8 Å². The summed E-state index contributed by atoms with van der Waals surface area (Å²) in [4.78, 5) is 12.7. The topological polar surface area (TPSA) is 119 Å². The maximum absolute atomic E-state index is 11.3. The van der Waals surface area contributed by atoms with E-state index in [0.29, 0.717) is 32.0 Å². The molecule has 122 valence electrons. The maximum Gasteiger partial charge on any atom is 0.407 e. The summed E-state index contributed by atoms with van der Waals surface area (Å²) in [6.45, 7) is 1.61. The molecule has 0 aliphatic carbocycles. The lowest BCUT2D eigenvalue weighted by atomic mass is 10.2. The van der Waals surface area contributed by atoms with Gasteiger partial charge in [-0.1, -0.05) is 0 Å². The average molecular weight is 318 g/mol. The van der Waals surface area contributed by atoms with Crippen LogP contribution in [0.3, 0.4) is 0 Å². The van der Waals surface area contributed by atoms with Crippen molar-refractivity contribution >= 4 is 17.5 Å². The van der Waals surface area contributed by atoms with Crippen LogP contribution < -0.4 is 11.1 Å². The molecule has 1 aliphatic rings. The number of anilines is 2. The van der Waals surface area contributed by atoms with Crippen LogP contribution in [0.15, 0.2) is 30.9 Å². The van der Waals surface area contributed by atoms with Crippen molar-refractivity contribution in [3.63, 3.8) is 0 Å². The highest BCUT2D eigenvalue weighted by atomic mass is 16.5. The van der Waals surface area contributed by atoms with E-state index >= 15 is 0 Å². The number of nitrogen functional groups attached to an aromatic ring is 1. The van der Waals surface area contributed by atoms with Crippen LogP contribution in [0.25, 0.3) is 5.69 Å². The summed E-state index contributed by atoms with van der Waals surface area (Å²) in [6.07, 6.45) is 2.22. The number of ether oxygens (including phenoxy) is 1. The average Bonchev–Trinajstić information content (AvgIpc) is 3.08. The van der Waals surface area contributed by atoms with Crippen LogP contribution in [-0.4, -0.2) is 63.2 Å². The molecular weight excluding hydrogens is 300 g/mol. The van der Waals surface area contributed by atoms with Crippen LogP contribution in [0, 0.1) is 0 Å². The number of carboxylic acid groups (broad SMARTS) is 1. The molecule has 4 N–H and O–H groups in total. The lowest BCUT2D eigenvalue weighted by Gasteiger charge is -2.33. The predicted octanol–water partition coefficient (Wildman–Crippen LogP) is 0.640. The van der Waals surface area contributed by atoms with Crippen molar-refractivity contribution in [3.05, 3.63) is 30.9 Å². The SMILES string of the molecule is Nc1ccc(NCC2COCCN2C(=O)O)c(-n2cnnc2)c1. The largest absolute Gasteiger partial charge is 0.465 e. The van der Waals surface area contributed by atoms with E-state index in [1.165, 1.54) is 4.90 Å². The molecule has 1 aromatic heterocycles. The molecular formula is C14H18N6O3. The summed E-state index contributed by atoms with van der Waals surface area (Å²) in [5.41, 5.74) is 8.08. The molecule has 1 aromatic carbocycles. The molecule has 9 nitrogen and oxygen atoms in total. The number of nitrogens with one attached hydrogen (secondary N) is 1. The number of benzene rings is 1. The van der Waals surface area contributed by atoms with Crippen LogP contribution >= 0.6 is 0 Å². The van der Waals surface area contributed by atoms with Crippen LogP contribution in [0.2, 0.25) is 0 Å². The van der Waals surface area contributed by atoms with Gasteiger partial charge in [0.1, 0.15) is 12.7 Å². The van der Waals surface area contributed by atoms with Crippen molar-refractivity contribution in [1.29, 1.82) is 0 Å². The first-order chi connectivity index (χ1) is 11.1. The molecule has 0 saturated carbocycles. The number of rotatable bonds is 4. The van der Waals surface area contributed by atoms with Gasteiger partial charge in [-0.25, -0.2) is 4.79 Å². The summed E-state index contributed by atoms with van der Waals surface area (Å²) < 4.78 is 7.12. The van der Waals surface area contributed by atoms with Gasteiger partial charge in [0.2, 0.25) is 0 Å². The second kappa shape index (κ2) is 6.53. The Hall–Kier alpha value is -2.81. The molecule has 1 atom stereocenters. The Kier molecular flexibility index (Phi) is 4.29. The number of nitrogens with two attached hydrogens (primary N) is 1. The molecule has 9 heteroatoms. The fourth-order valence-corrected chi connectivity index (χ4v) is 2.54. The van der Waals surface area contributed by atoms with Gasteiger partial charge in [0.25, 0.3) is 0 Å². The number of morpholine rings is 1. The summed E-state index contributed by atoms with van der Waals surface area (Å²) >= 11 is 0. The molecule has 0 bridgehead atoms. The lowest BCUT2D eigenvalue weighted by Crippen LogP contribution is -2.51. The van der Waals surface area contributed by atoms with Gasteiger partial charge in [-0.3, -0.25) is 9.47 Å². The first-order valence-electron chi connectivity index (χ1n) is 7.21. The molecule has 0 radical (unpaired) electrons. The van der Waals surface area contributed by atoms with E-state index in [4.69, 9.17) is 10.5 Å². The van der Waals surface area contributed by atoms with Gasteiger partial charge in [0.15, 0.2) is 0 Å². The fraction of sp³-hybridized carbons (Fsp3) is 0.357. The summed E-state index contributed by atoms with van der Waals surface area (Å²) in [5.74, 6) is 0. The molecule has 3 rings (SSSR count). The molecule has 2 heterocycles. The minimum atomic E-state index is -0.934. The van der Waals surface area contributed by atoms with Gasteiger partial charge in [0.05, 0.1) is 30.6 Å². The van der Waals surface area contributed by atoms with Crippen molar-refractivity contribution in [3.8, 4) is 5.69 Å². The first-order valence-corrected chi connectivity index (χ1v) is 7.21. The number of carbonyl (C=O) groups is 1. The van der Waals surface area contributed by atoms with E-state index in [2.05, 4.69) is 15.5 Å². The van der Waals surface area contributed by atoms with Gasteiger partial charge in [-0.2, -0.15) is 0 Å². The van der Waals surface area contributed by atoms with Crippen molar-refractivity contribution in [2.45, 2.75) is 6.04 Å². The quantitative estimate of drug-likeness (QED) is 0.708. The second-order valence-corrected chi connectivity index (χ2v) is 5.23. The predicted molar refractivity (Wildman–Crippen MR) is 83.6 cm³/mol. The van der Waals surface area contributed by atoms with Crippen LogP contribution in [0.1, 0.15) is 0 Å². The highest BCUT2D eigenvalue weighted by Crippen LogP contribution is 2.23. The van der Waals surface area contributed by atoms with Crippen LogP contribution in [-0.2, 0) is 4.74 Å². The number of nitrogens with zero attached hydrogens (tertiary/aromatic N) is 4. The van der Waals surface area contributed by atoms with Gasteiger partial charge in [-0.05, 0) is 18.2 Å². The molecule has 1 fully saturated rings. The van der Waals surface area contributed by atoms with Gasteiger partial charge in [-0.15, -0.1) is 10.2 Å². The summed E-state index contributed by atoms with van der Waals surface area (Å²) in [7, 11) is 0. The van der Waals surface area contributed by atoms with Crippen LogP contribution in [0.4, 0.5) is 16.2 Å². The van der Waals surface area contributed by atoms with Crippen molar-refractivity contribution in [1.82, 2.24) is 19.7 Å². The van der Waals surface area contributed by atoms with Gasteiger partial charge < -0.3 is 20.9 Å². The van der Waals surface area contributed by atoms with E-state index in [9.17, 15) is 9.90 Å². The van der Waals surface area contributed by atoms with E-state index in [0.717, 1.165) is 11.4 Å². The number of hydrogen-bond acceptors (Lipinski definition) is 6. The van der Waals surface area contributed by atoms with E-state index < -0.39 is 6.09 Å². The normalized spacial score (nSPS) is 17.9. The molecule has 2 aromatic rings. The second-order valence-electron chi connectivity index (χ2n) is 5.23. The van der Waals surface area contributed by atoms with Crippen LogP contribution in [0.5, 0.6) is 0 Å². The van der Waals surface area contributed by atoms with Crippen molar-refractivity contribution in [2.24, 2.45) is 0 Å². The van der Waals surface area contributed by atoms with Gasteiger partial charge >= 0.3 is 6.09 Å². The smallest absolute Gasteiger partial charge is 0.407 e. The zero-order valence-electron chi connectivity index (χ0n) is 12.4. The fourth-order valence-electron chi connectivity index (χ4n) is 2.54. The van der Waals surface area contributed by atoms with Crippen molar-refractivity contribution in [2.75, 3.05) is 37.4 Å². The molecule has 23 heavy (non-hydrogen) atoms. The Morgan fingerprint density at radius 2 is 2.22 bits per heavy atom. The highest BCUT2D eigenvalue weighted by molar-refractivity contribution is 5.67. The molecule has 1 saturated heterocycles. The molecule has 1 aliphatic heterocycles. The molecule has 1 unspecified atom stereocenters. The zero-order chi connectivity index (χ0) is 16.2. The van der Waals surface area contributed by atoms with E-state index in [1.54, 1.807) is 29.4 Å². The standard InChI is InChI=1S/C14H18N6O3/c15-10-1-2-12(13(5-10)19-8-17-18-9-19)16-6-11-7-23-4-3-20(11)14(21)22/h1-2,5,8-9,11,16H,3-4,6-7,15H2,(H,21,22). The Bertz CT molecular complexity index is 675. The summed E-state index contributed by atoms with van der Waals surface area (Å²) in [5, 5.41) is 20.1. The Morgan fingerprint density at radius 1 is 1.43 bits per heavy atom. The Morgan fingerprint density at radius 3 is 2.96 bits per heavy atom. The molecule has 0 spiro atoms. The number of amides is 1. The Labute approximate surface area is 132 Å².